The van der Waals surface area contributed by atoms with Gasteiger partial charge in [-0.1, -0.05) is 28.1 Å². The third-order valence-electron chi connectivity index (χ3n) is 3.13. The first-order valence-electron chi connectivity index (χ1n) is 5.18. The van der Waals surface area contributed by atoms with Crippen molar-refractivity contribution in [2.45, 2.75) is 11.8 Å². The van der Waals surface area contributed by atoms with Crippen molar-refractivity contribution in [2.24, 2.45) is 0 Å². The summed E-state index contributed by atoms with van der Waals surface area (Å²) in [5.41, 5.74) is 0.702. The second-order valence-corrected chi connectivity index (χ2v) is 5.18. The average Bonchev–Trinajstić information content (AvgIpc) is 2.23. The van der Waals surface area contributed by atoms with Gasteiger partial charge in [0.2, 0.25) is 0 Å². The summed E-state index contributed by atoms with van der Waals surface area (Å²) >= 11 is 3.36. The van der Waals surface area contributed by atoms with E-state index < -0.39 is 6.09 Å². The summed E-state index contributed by atoms with van der Waals surface area (Å²) < 4.78 is 0.975. The van der Waals surface area contributed by atoms with Crippen LogP contribution < -0.4 is 0 Å². The maximum atomic E-state index is 10.8. The molecular weight excluding hydrogens is 284 g/mol. The van der Waals surface area contributed by atoms with Gasteiger partial charge in [-0.2, -0.15) is 5.26 Å². The number of carboxylic acid groups (broad SMARTS) is 1. The van der Waals surface area contributed by atoms with Crippen LogP contribution in [0, 0.1) is 11.3 Å². The summed E-state index contributed by atoms with van der Waals surface area (Å²) in [6.45, 7) is 0.801. The van der Waals surface area contributed by atoms with Crippen LogP contribution in [0.25, 0.3) is 0 Å². The number of carbonyl (C=O) groups is 1. The number of hydrogen-bond acceptors (Lipinski definition) is 2. The van der Waals surface area contributed by atoms with Gasteiger partial charge >= 0.3 is 6.09 Å². The molecule has 0 aliphatic carbocycles. The molecule has 1 fully saturated rings. The highest BCUT2D eigenvalue weighted by atomic mass is 79.9. The second-order valence-electron chi connectivity index (χ2n) is 4.26. The van der Waals surface area contributed by atoms with Crippen LogP contribution in [0.2, 0.25) is 0 Å². The van der Waals surface area contributed by atoms with E-state index in [1.165, 1.54) is 4.90 Å². The van der Waals surface area contributed by atoms with Gasteiger partial charge in [0.1, 0.15) is 0 Å². The molecular formula is C12H11BrN2O2. The Balaban J connectivity index is 2.23. The maximum absolute atomic E-state index is 10.8. The summed E-state index contributed by atoms with van der Waals surface area (Å²) in [7, 11) is 0. The van der Waals surface area contributed by atoms with Gasteiger partial charge in [0, 0.05) is 29.4 Å². The van der Waals surface area contributed by atoms with Crippen molar-refractivity contribution in [2.75, 3.05) is 13.1 Å². The van der Waals surface area contributed by atoms with Crippen LogP contribution in [0.1, 0.15) is 12.0 Å². The molecule has 0 spiro atoms. The smallest absolute Gasteiger partial charge is 0.407 e. The molecule has 17 heavy (non-hydrogen) atoms. The lowest BCUT2D eigenvalue weighted by atomic mass is 9.72. The molecule has 0 radical (unpaired) electrons. The average molecular weight is 295 g/mol. The Morgan fingerprint density at radius 3 is 2.53 bits per heavy atom. The van der Waals surface area contributed by atoms with Crippen molar-refractivity contribution in [1.29, 1.82) is 5.26 Å². The fourth-order valence-electron chi connectivity index (χ4n) is 2.17. The Hall–Kier alpha value is -1.54. The topological polar surface area (TPSA) is 64.3 Å². The molecule has 1 amide bonds. The Bertz CT molecular complexity index is 472. The van der Waals surface area contributed by atoms with E-state index in [9.17, 15) is 4.79 Å². The number of nitrogens with zero attached hydrogens (tertiary/aromatic N) is 2. The first kappa shape index (κ1) is 11.9. The van der Waals surface area contributed by atoms with Crippen molar-refractivity contribution in [3.05, 3.63) is 34.3 Å². The summed E-state index contributed by atoms with van der Waals surface area (Å²) in [6.07, 6.45) is -0.575. The highest BCUT2D eigenvalue weighted by Gasteiger charge is 2.46. The van der Waals surface area contributed by atoms with Gasteiger partial charge in [0.25, 0.3) is 0 Å². The Morgan fingerprint density at radius 2 is 2.06 bits per heavy atom. The van der Waals surface area contributed by atoms with E-state index in [2.05, 4.69) is 22.0 Å². The number of halogens is 1. The molecule has 2 rings (SSSR count). The molecule has 88 valence electrons. The quantitative estimate of drug-likeness (QED) is 0.912. The van der Waals surface area contributed by atoms with Crippen LogP contribution in [-0.2, 0) is 5.41 Å². The van der Waals surface area contributed by atoms with Gasteiger partial charge in [-0.25, -0.2) is 4.79 Å². The van der Waals surface area contributed by atoms with E-state index in [0.29, 0.717) is 19.5 Å². The van der Waals surface area contributed by atoms with Gasteiger partial charge < -0.3 is 10.0 Å². The van der Waals surface area contributed by atoms with Crippen molar-refractivity contribution < 1.29 is 9.90 Å². The lowest BCUT2D eigenvalue weighted by molar-refractivity contribution is 0.0616. The Kier molecular flexibility index (Phi) is 3.07. The minimum absolute atomic E-state index is 0.326. The van der Waals surface area contributed by atoms with E-state index in [-0.39, 0.29) is 5.41 Å². The molecule has 1 saturated heterocycles. The van der Waals surface area contributed by atoms with Crippen LogP contribution in [0.4, 0.5) is 4.79 Å². The first-order valence-corrected chi connectivity index (χ1v) is 5.97. The molecule has 0 unspecified atom stereocenters. The predicted molar refractivity (Wildman–Crippen MR) is 65.6 cm³/mol. The zero-order valence-electron chi connectivity index (χ0n) is 9.06. The summed E-state index contributed by atoms with van der Waals surface area (Å²) in [5, 5.41) is 17.7. The lowest BCUT2D eigenvalue weighted by Crippen LogP contribution is -2.60. The fraction of sp³-hybridized carbons (Fsp3) is 0.333. The molecule has 1 aliphatic rings. The monoisotopic (exact) mass is 294 g/mol. The molecule has 1 heterocycles. The second kappa shape index (κ2) is 4.38. The third-order valence-corrected chi connectivity index (χ3v) is 3.66. The van der Waals surface area contributed by atoms with Crippen molar-refractivity contribution >= 4 is 22.0 Å². The van der Waals surface area contributed by atoms with E-state index in [4.69, 9.17) is 10.4 Å². The fourth-order valence-corrected chi connectivity index (χ4v) is 2.44. The molecule has 1 aromatic rings. The van der Waals surface area contributed by atoms with Crippen LogP contribution in [-0.4, -0.2) is 29.2 Å². The SMILES string of the molecule is N#CCC1(c2ccc(Br)cc2)CN(C(=O)O)C1. The van der Waals surface area contributed by atoms with Crippen molar-refractivity contribution in [3.63, 3.8) is 0 Å². The maximum Gasteiger partial charge on any atom is 0.407 e. The Labute approximate surface area is 108 Å². The van der Waals surface area contributed by atoms with Gasteiger partial charge in [0.05, 0.1) is 6.07 Å². The molecule has 0 bridgehead atoms. The number of rotatable bonds is 2. The standard InChI is InChI=1S/C12H11BrN2O2/c13-10-3-1-9(2-4-10)12(5-6-14)7-15(8-12)11(16)17/h1-4H,5,7-8H2,(H,16,17). The molecule has 4 nitrogen and oxygen atoms in total. The normalized spacial score (nSPS) is 17.1. The third kappa shape index (κ3) is 2.13. The van der Waals surface area contributed by atoms with Crippen LogP contribution >= 0.6 is 15.9 Å². The van der Waals surface area contributed by atoms with Gasteiger partial charge in [0.15, 0.2) is 0 Å². The van der Waals surface area contributed by atoms with Gasteiger partial charge in [-0.3, -0.25) is 0 Å². The van der Waals surface area contributed by atoms with Crippen LogP contribution in [0.3, 0.4) is 0 Å². The number of nitriles is 1. The summed E-state index contributed by atoms with van der Waals surface area (Å²) in [6, 6.07) is 9.87. The van der Waals surface area contributed by atoms with Gasteiger partial charge in [-0.15, -0.1) is 0 Å². The minimum atomic E-state index is -0.921. The lowest BCUT2D eigenvalue weighted by Gasteiger charge is -2.48. The highest BCUT2D eigenvalue weighted by molar-refractivity contribution is 9.10. The van der Waals surface area contributed by atoms with Gasteiger partial charge in [-0.05, 0) is 17.7 Å². The molecule has 5 heteroatoms. The molecule has 1 N–H and O–H groups in total. The molecule has 1 aliphatic heterocycles. The number of benzene rings is 1. The largest absolute Gasteiger partial charge is 0.465 e. The molecule has 1 aromatic carbocycles. The van der Waals surface area contributed by atoms with Crippen molar-refractivity contribution in [3.8, 4) is 6.07 Å². The van der Waals surface area contributed by atoms with Crippen molar-refractivity contribution in [1.82, 2.24) is 4.90 Å². The predicted octanol–water partition coefficient (Wildman–Crippen LogP) is 2.59. The Morgan fingerprint density at radius 1 is 1.47 bits per heavy atom. The van der Waals surface area contributed by atoms with Crippen LogP contribution in [0.15, 0.2) is 28.7 Å². The highest BCUT2D eigenvalue weighted by Crippen LogP contribution is 2.37. The minimum Gasteiger partial charge on any atom is -0.465 e. The molecule has 0 saturated carbocycles. The number of likely N-dealkylation sites (tertiary alicyclic amines) is 1. The summed E-state index contributed by atoms with van der Waals surface area (Å²) in [4.78, 5) is 12.1. The molecule has 0 atom stereocenters. The van der Waals surface area contributed by atoms with E-state index in [1.807, 2.05) is 24.3 Å². The van der Waals surface area contributed by atoms with E-state index in [1.54, 1.807) is 0 Å². The number of amides is 1. The van der Waals surface area contributed by atoms with E-state index >= 15 is 0 Å². The number of hydrogen-bond donors (Lipinski definition) is 1. The zero-order valence-corrected chi connectivity index (χ0v) is 10.6. The summed E-state index contributed by atoms with van der Waals surface area (Å²) in [5.74, 6) is 0. The zero-order chi connectivity index (χ0) is 12.5. The van der Waals surface area contributed by atoms with Crippen LogP contribution in [0.5, 0.6) is 0 Å². The molecule has 0 aromatic heterocycles. The first-order chi connectivity index (χ1) is 8.07. The van der Waals surface area contributed by atoms with E-state index in [0.717, 1.165) is 10.0 Å².